The Labute approximate surface area is 112 Å². The lowest BCUT2D eigenvalue weighted by atomic mass is 10.1. The number of hydrogen-bond donors (Lipinski definition) is 2. The summed E-state index contributed by atoms with van der Waals surface area (Å²) >= 11 is 1.92. The van der Waals surface area contributed by atoms with Gasteiger partial charge in [-0.2, -0.15) is 11.8 Å². The second-order valence-corrected chi connectivity index (χ2v) is 5.15. The van der Waals surface area contributed by atoms with Gasteiger partial charge in [0.15, 0.2) is 0 Å². The Morgan fingerprint density at radius 3 is 2.89 bits per heavy atom. The molecule has 0 heterocycles. The number of primary amides is 1. The second-order valence-electron chi connectivity index (χ2n) is 3.76. The normalized spacial score (nSPS) is 10.1. The first kappa shape index (κ1) is 14.7. The molecule has 0 aliphatic rings. The summed E-state index contributed by atoms with van der Waals surface area (Å²) in [6.07, 6.45) is 1.07. The Morgan fingerprint density at radius 2 is 2.28 bits per heavy atom. The molecule has 5 heteroatoms. The Balaban J connectivity index is 2.61. The minimum atomic E-state index is -0.428. The summed E-state index contributed by atoms with van der Waals surface area (Å²) in [5, 5.41) is 3.27. The predicted molar refractivity (Wildman–Crippen MR) is 77.6 cm³/mol. The van der Waals surface area contributed by atoms with E-state index in [-0.39, 0.29) is 0 Å². The molecule has 0 aliphatic heterocycles. The standard InChI is InChI=1S/C13H20N2O2S/c1-3-18-8-4-7-15-11-9-10(13(14)16)5-6-12(11)17-2/h5-6,9,15H,3-4,7-8H2,1-2H3,(H2,14,16). The first-order chi connectivity index (χ1) is 8.69. The van der Waals surface area contributed by atoms with Gasteiger partial charge in [-0.15, -0.1) is 0 Å². The molecule has 0 atom stereocenters. The summed E-state index contributed by atoms with van der Waals surface area (Å²) in [4.78, 5) is 11.1. The van der Waals surface area contributed by atoms with Gasteiger partial charge in [0.2, 0.25) is 5.91 Å². The van der Waals surface area contributed by atoms with Crippen LogP contribution in [0.4, 0.5) is 5.69 Å². The molecule has 0 fully saturated rings. The molecule has 0 radical (unpaired) electrons. The number of carbonyl (C=O) groups is 1. The van der Waals surface area contributed by atoms with Gasteiger partial charge in [0.1, 0.15) is 5.75 Å². The van der Waals surface area contributed by atoms with Crippen LogP contribution in [0.3, 0.4) is 0 Å². The van der Waals surface area contributed by atoms with Crippen LogP contribution < -0.4 is 15.8 Å². The highest BCUT2D eigenvalue weighted by atomic mass is 32.2. The third-order valence-electron chi connectivity index (χ3n) is 2.47. The Bertz CT molecular complexity index is 397. The monoisotopic (exact) mass is 268 g/mol. The summed E-state index contributed by atoms with van der Waals surface area (Å²) in [7, 11) is 1.61. The molecule has 0 saturated heterocycles. The summed E-state index contributed by atoms with van der Waals surface area (Å²) in [5.41, 5.74) is 6.56. The maximum atomic E-state index is 11.1. The molecular weight excluding hydrogens is 248 g/mol. The van der Waals surface area contributed by atoms with Crippen molar-refractivity contribution in [3.8, 4) is 5.75 Å². The van der Waals surface area contributed by atoms with Gasteiger partial charge in [0.05, 0.1) is 12.8 Å². The highest BCUT2D eigenvalue weighted by Crippen LogP contribution is 2.25. The number of methoxy groups -OCH3 is 1. The largest absolute Gasteiger partial charge is 0.495 e. The highest BCUT2D eigenvalue weighted by molar-refractivity contribution is 7.99. The van der Waals surface area contributed by atoms with Crippen LogP contribution >= 0.6 is 11.8 Å². The van der Waals surface area contributed by atoms with Crippen molar-refractivity contribution < 1.29 is 9.53 Å². The number of benzene rings is 1. The van der Waals surface area contributed by atoms with E-state index in [4.69, 9.17) is 10.5 Å². The minimum Gasteiger partial charge on any atom is -0.495 e. The Hall–Kier alpha value is -1.36. The van der Waals surface area contributed by atoms with Crippen LogP contribution in [0.1, 0.15) is 23.7 Å². The van der Waals surface area contributed by atoms with Crippen molar-refractivity contribution in [2.75, 3.05) is 30.5 Å². The lowest BCUT2D eigenvalue weighted by Crippen LogP contribution is -2.12. The molecule has 0 spiro atoms. The highest BCUT2D eigenvalue weighted by Gasteiger charge is 2.07. The number of thioether (sulfide) groups is 1. The molecule has 18 heavy (non-hydrogen) atoms. The zero-order chi connectivity index (χ0) is 13.4. The van der Waals surface area contributed by atoms with Gasteiger partial charge in [-0.25, -0.2) is 0 Å². The van der Waals surface area contributed by atoms with Gasteiger partial charge >= 0.3 is 0 Å². The minimum absolute atomic E-state index is 0.428. The third kappa shape index (κ3) is 4.49. The number of amides is 1. The molecule has 0 bridgehead atoms. The van der Waals surface area contributed by atoms with E-state index in [0.717, 1.165) is 35.9 Å². The maximum absolute atomic E-state index is 11.1. The molecule has 0 aliphatic carbocycles. The lowest BCUT2D eigenvalue weighted by molar-refractivity contribution is 0.100. The quantitative estimate of drug-likeness (QED) is 0.710. The summed E-state index contributed by atoms with van der Waals surface area (Å²) in [5.74, 6) is 2.56. The van der Waals surface area contributed by atoms with Crippen molar-refractivity contribution in [1.82, 2.24) is 0 Å². The van der Waals surface area contributed by atoms with Gasteiger partial charge < -0.3 is 15.8 Å². The molecule has 0 saturated carbocycles. The van der Waals surface area contributed by atoms with Crippen molar-refractivity contribution in [2.45, 2.75) is 13.3 Å². The molecule has 4 nitrogen and oxygen atoms in total. The smallest absolute Gasteiger partial charge is 0.248 e. The number of anilines is 1. The molecule has 1 amide bonds. The number of nitrogens with two attached hydrogens (primary N) is 1. The zero-order valence-corrected chi connectivity index (χ0v) is 11.7. The van der Waals surface area contributed by atoms with E-state index >= 15 is 0 Å². The number of nitrogens with one attached hydrogen (secondary N) is 1. The average Bonchev–Trinajstić information content (AvgIpc) is 2.38. The Morgan fingerprint density at radius 1 is 1.50 bits per heavy atom. The first-order valence-electron chi connectivity index (χ1n) is 5.98. The van der Waals surface area contributed by atoms with E-state index in [9.17, 15) is 4.79 Å². The zero-order valence-electron chi connectivity index (χ0n) is 10.9. The van der Waals surface area contributed by atoms with Gasteiger partial charge in [-0.05, 0) is 36.1 Å². The van der Waals surface area contributed by atoms with Crippen LogP contribution in [0.5, 0.6) is 5.75 Å². The van der Waals surface area contributed by atoms with E-state index in [1.165, 1.54) is 0 Å². The van der Waals surface area contributed by atoms with Crippen molar-refractivity contribution in [2.24, 2.45) is 5.73 Å². The summed E-state index contributed by atoms with van der Waals surface area (Å²) in [6, 6.07) is 5.15. The van der Waals surface area contributed by atoms with Crippen LogP contribution in [0, 0.1) is 0 Å². The fourth-order valence-corrected chi connectivity index (χ4v) is 2.18. The number of rotatable bonds is 8. The molecule has 1 aromatic rings. The van der Waals surface area contributed by atoms with Crippen LogP contribution in [0.2, 0.25) is 0 Å². The van der Waals surface area contributed by atoms with E-state index in [2.05, 4.69) is 12.2 Å². The fraction of sp³-hybridized carbons (Fsp3) is 0.462. The van der Waals surface area contributed by atoms with Crippen LogP contribution in [0.15, 0.2) is 18.2 Å². The molecule has 1 aromatic carbocycles. The van der Waals surface area contributed by atoms with E-state index < -0.39 is 5.91 Å². The SMILES string of the molecule is CCSCCCNc1cc(C(N)=O)ccc1OC. The van der Waals surface area contributed by atoms with Gasteiger partial charge in [-0.3, -0.25) is 4.79 Å². The van der Waals surface area contributed by atoms with Crippen LogP contribution in [-0.2, 0) is 0 Å². The van der Waals surface area contributed by atoms with E-state index in [1.54, 1.807) is 25.3 Å². The van der Waals surface area contributed by atoms with Crippen LogP contribution in [-0.4, -0.2) is 31.1 Å². The fourth-order valence-electron chi connectivity index (χ4n) is 1.54. The molecule has 1 rings (SSSR count). The second kappa shape index (κ2) is 7.87. The van der Waals surface area contributed by atoms with E-state index in [1.807, 2.05) is 11.8 Å². The number of carbonyl (C=O) groups excluding carboxylic acids is 1. The molecule has 0 unspecified atom stereocenters. The van der Waals surface area contributed by atoms with Gasteiger partial charge in [0.25, 0.3) is 0 Å². The van der Waals surface area contributed by atoms with Crippen LogP contribution in [0.25, 0.3) is 0 Å². The van der Waals surface area contributed by atoms with E-state index in [0.29, 0.717) is 5.56 Å². The summed E-state index contributed by atoms with van der Waals surface area (Å²) in [6.45, 7) is 3.00. The predicted octanol–water partition coefficient (Wildman–Crippen LogP) is 2.35. The van der Waals surface area contributed by atoms with Crippen molar-refractivity contribution >= 4 is 23.4 Å². The molecule has 3 N–H and O–H groups in total. The summed E-state index contributed by atoms with van der Waals surface area (Å²) < 4.78 is 5.24. The van der Waals surface area contributed by atoms with Crippen molar-refractivity contribution in [3.63, 3.8) is 0 Å². The molecule has 100 valence electrons. The van der Waals surface area contributed by atoms with Crippen molar-refractivity contribution in [1.29, 1.82) is 0 Å². The lowest BCUT2D eigenvalue weighted by Gasteiger charge is -2.12. The number of hydrogen-bond acceptors (Lipinski definition) is 4. The van der Waals surface area contributed by atoms with Gasteiger partial charge in [-0.1, -0.05) is 6.92 Å². The third-order valence-corrected chi connectivity index (χ3v) is 3.45. The molecule has 0 aromatic heterocycles. The van der Waals surface area contributed by atoms with Crippen molar-refractivity contribution in [3.05, 3.63) is 23.8 Å². The number of ether oxygens (including phenoxy) is 1. The molecular formula is C13H20N2O2S. The topological polar surface area (TPSA) is 64.3 Å². The maximum Gasteiger partial charge on any atom is 0.248 e. The Kier molecular flexibility index (Phi) is 6.43. The van der Waals surface area contributed by atoms with Gasteiger partial charge in [0, 0.05) is 12.1 Å². The average molecular weight is 268 g/mol. The first-order valence-corrected chi connectivity index (χ1v) is 7.14.